The molecule has 0 amide bonds. The predicted octanol–water partition coefficient (Wildman–Crippen LogP) is 5.15. The molecule has 0 heterocycles. The van der Waals surface area contributed by atoms with E-state index in [1.54, 1.807) is 0 Å². The Morgan fingerprint density at radius 3 is 2.37 bits per heavy atom. The summed E-state index contributed by atoms with van der Waals surface area (Å²) in [4.78, 5) is 0.526. The molecule has 0 aliphatic heterocycles. The van der Waals surface area contributed by atoms with Crippen molar-refractivity contribution < 1.29 is 4.74 Å². The first-order chi connectivity index (χ1) is 8.97. The molecule has 19 heavy (non-hydrogen) atoms. The molecule has 3 heteroatoms. The summed E-state index contributed by atoms with van der Waals surface area (Å²) in [5.74, 6) is 1.55. The number of alkyl halides is 1. The van der Waals surface area contributed by atoms with E-state index in [1.165, 1.54) is 24.8 Å². The van der Waals surface area contributed by atoms with Gasteiger partial charge in [0, 0.05) is 9.85 Å². The van der Waals surface area contributed by atoms with Crippen LogP contribution in [0.2, 0.25) is 5.02 Å². The van der Waals surface area contributed by atoms with Crippen LogP contribution in [0.25, 0.3) is 0 Å². The molecule has 1 nitrogen and oxygen atoms in total. The second-order valence-corrected chi connectivity index (χ2v) is 7.87. The molecule has 2 aliphatic rings. The maximum atomic E-state index is 6.48. The summed E-state index contributed by atoms with van der Waals surface area (Å²) in [6.07, 6.45) is 4.37. The van der Waals surface area contributed by atoms with Gasteiger partial charge in [-0.2, -0.15) is 0 Å². The first kappa shape index (κ1) is 13.9. The lowest BCUT2D eigenvalue weighted by molar-refractivity contribution is -0.0933. The van der Waals surface area contributed by atoms with Crippen molar-refractivity contribution in [3.8, 4) is 0 Å². The van der Waals surface area contributed by atoms with Crippen LogP contribution in [0.1, 0.15) is 38.7 Å². The molecule has 0 aromatic heterocycles. The molecule has 0 spiro atoms. The number of fused-ring (bicyclic) bond motifs is 2. The largest absolute Gasteiger partial charge is 0.366 e. The van der Waals surface area contributed by atoms with E-state index in [9.17, 15) is 0 Å². The van der Waals surface area contributed by atoms with E-state index in [4.69, 9.17) is 16.3 Å². The van der Waals surface area contributed by atoms with Gasteiger partial charge in [0.15, 0.2) is 0 Å². The number of rotatable bonds is 3. The summed E-state index contributed by atoms with van der Waals surface area (Å²) in [5.41, 5.74) is 0.936. The Morgan fingerprint density at radius 2 is 1.79 bits per heavy atom. The van der Waals surface area contributed by atoms with Crippen LogP contribution in [0.3, 0.4) is 0 Å². The lowest BCUT2D eigenvalue weighted by Gasteiger charge is -2.36. The zero-order chi connectivity index (χ0) is 13.6. The molecule has 1 aromatic rings. The Bertz CT molecular complexity index is 454. The number of benzene rings is 1. The summed E-state index contributed by atoms with van der Waals surface area (Å²) < 4.78 is 6.48. The average molecular weight is 344 g/mol. The lowest BCUT2D eigenvalue weighted by atomic mass is 9.94. The normalized spacial score (nSPS) is 33.9. The second-order valence-electron chi connectivity index (χ2n) is 6.38. The van der Waals surface area contributed by atoms with Gasteiger partial charge in [-0.3, -0.25) is 0 Å². The highest BCUT2D eigenvalue weighted by Gasteiger charge is 2.48. The Hall–Kier alpha value is -0.0500. The molecule has 4 atom stereocenters. The summed E-state index contributed by atoms with van der Waals surface area (Å²) in [5, 5.41) is 0.776. The van der Waals surface area contributed by atoms with Gasteiger partial charge in [0.1, 0.15) is 0 Å². The Morgan fingerprint density at radius 1 is 1.16 bits per heavy atom. The van der Waals surface area contributed by atoms with Gasteiger partial charge < -0.3 is 4.74 Å². The third-order valence-electron chi connectivity index (χ3n) is 4.71. The Kier molecular flexibility index (Phi) is 3.70. The van der Waals surface area contributed by atoms with Crippen LogP contribution in [0.4, 0.5) is 0 Å². The highest BCUT2D eigenvalue weighted by Crippen LogP contribution is 2.51. The van der Waals surface area contributed by atoms with E-state index in [1.807, 2.05) is 12.1 Å². The first-order valence-corrected chi connectivity index (χ1v) is 8.35. The third-order valence-corrected chi connectivity index (χ3v) is 6.23. The fourth-order valence-corrected chi connectivity index (χ4v) is 4.74. The molecule has 1 aromatic carbocycles. The van der Waals surface area contributed by atoms with Crippen molar-refractivity contribution in [2.75, 3.05) is 0 Å². The average Bonchev–Trinajstić information content (AvgIpc) is 2.93. The first-order valence-electron chi connectivity index (χ1n) is 7.05. The van der Waals surface area contributed by atoms with Crippen molar-refractivity contribution in [3.05, 3.63) is 34.9 Å². The standard InChI is InChI=1S/C16H20BrClO/c1-16(2,12-5-7-13(18)8-6-12)19-15-11-4-3-10(9-11)14(15)17/h5-8,10-11,14-15H,3-4,9H2,1-2H3/t10-,11+,14-,15-/m1/s1. The summed E-state index contributed by atoms with van der Waals surface area (Å²) in [7, 11) is 0. The summed E-state index contributed by atoms with van der Waals surface area (Å²) in [6.45, 7) is 4.31. The number of hydrogen-bond donors (Lipinski definition) is 0. The van der Waals surface area contributed by atoms with Gasteiger partial charge in [-0.25, -0.2) is 0 Å². The highest BCUT2D eigenvalue weighted by molar-refractivity contribution is 9.09. The van der Waals surface area contributed by atoms with Crippen molar-refractivity contribution in [2.24, 2.45) is 11.8 Å². The van der Waals surface area contributed by atoms with Crippen LogP contribution in [0, 0.1) is 11.8 Å². The van der Waals surface area contributed by atoms with E-state index in [2.05, 4.69) is 41.9 Å². The quantitative estimate of drug-likeness (QED) is 0.689. The minimum atomic E-state index is -0.258. The van der Waals surface area contributed by atoms with Gasteiger partial charge in [0.2, 0.25) is 0 Å². The van der Waals surface area contributed by atoms with Gasteiger partial charge in [0.05, 0.1) is 11.7 Å². The fraction of sp³-hybridized carbons (Fsp3) is 0.625. The van der Waals surface area contributed by atoms with Crippen molar-refractivity contribution >= 4 is 27.5 Å². The molecule has 2 bridgehead atoms. The van der Waals surface area contributed by atoms with Gasteiger partial charge in [-0.05, 0) is 62.6 Å². The topological polar surface area (TPSA) is 9.23 Å². The smallest absolute Gasteiger partial charge is 0.0879 e. The van der Waals surface area contributed by atoms with Gasteiger partial charge in [-0.15, -0.1) is 0 Å². The highest BCUT2D eigenvalue weighted by atomic mass is 79.9. The minimum absolute atomic E-state index is 0.258. The predicted molar refractivity (Wildman–Crippen MR) is 82.9 cm³/mol. The van der Waals surface area contributed by atoms with Crippen LogP contribution < -0.4 is 0 Å². The molecule has 2 fully saturated rings. The van der Waals surface area contributed by atoms with E-state index in [-0.39, 0.29) is 5.60 Å². The van der Waals surface area contributed by atoms with E-state index < -0.39 is 0 Å². The van der Waals surface area contributed by atoms with Crippen molar-refractivity contribution in [1.29, 1.82) is 0 Å². The zero-order valence-electron chi connectivity index (χ0n) is 11.4. The third kappa shape index (κ3) is 2.59. The molecule has 2 saturated carbocycles. The number of ether oxygens (including phenoxy) is 1. The molecule has 0 saturated heterocycles. The van der Waals surface area contributed by atoms with E-state index in [0.717, 1.165) is 16.9 Å². The van der Waals surface area contributed by atoms with Crippen molar-refractivity contribution in [3.63, 3.8) is 0 Å². The second kappa shape index (κ2) is 5.05. The van der Waals surface area contributed by atoms with Crippen LogP contribution >= 0.6 is 27.5 Å². The van der Waals surface area contributed by atoms with Crippen LogP contribution in [0.15, 0.2) is 24.3 Å². The van der Waals surface area contributed by atoms with Crippen molar-refractivity contribution in [1.82, 2.24) is 0 Å². The molecule has 0 N–H and O–H groups in total. The van der Waals surface area contributed by atoms with Crippen molar-refractivity contribution in [2.45, 2.75) is 49.6 Å². The maximum Gasteiger partial charge on any atom is 0.0879 e. The summed E-state index contributed by atoms with van der Waals surface area (Å²) >= 11 is 9.81. The zero-order valence-corrected chi connectivity index (χ0v) is 13.7. The molecular weight excluding hydrogens is 324 g/mol. The maximum absolute atomic E-state index is 6.48. The number of hydrogen-bond acceptors (Lipinski definition) is 1. The molecule has 0 radical (unpaired) electrons. The monoisotopic (exact) mass is 342 g/mol. The van der Waals surface area contributed by atoms with Crippen LogP contribution in [-0.4, -0.2) is 10.9 Å². The molecule has 0 unspecified atom stereocenters. The molecule has 3 rings (SSSR count). The molecular formula is C16H20BrClO. The Balaban J connectivity index is 1.76. The fourth-order valence-electron chi connectivity index (χ4n) is 3.59. The minimum Gasteiger partial charge on any atom is -0.366 e. The van der Waals surface area contributed by atoms with Gasteiger partial charge in [-0.1, -0.05) is 39.7 Å². The van der Waals surface area contributed by atoms with Gasteiger partial charge >= 0.3 is 0 Å². The lowest BCUT2D eigenvalue weighted by Crippen LogP contribution is -2.37. The van der Waals surface area contributed by atoms with Gasteiger partial charge in [0.25, 0.3) is 0 Å². The van der Waals surface area contributed by atoms with E-state index >= 15 is 0 Å². The Labute approximate surface area is 128 Å². The summed E-state index contributed by atoms with van der Waals surface area (Å²) in [6, 6.07) is 8.01. The van der Waals surface area contributed by atoms with Crippen LogP contribution in [0.5, 0.6) is 0 Å². The molecule has 2 aliphatic carbocycles. The number of halogens is 2. The van der Waals surface area contributed by atoms with E-state index in [0.29, 0.717) is 10.9 Å². The molecule has 104 valence electrons. The van der Waals surface area contributed by atoms with Crippen LogP contribution in [-0.2, 0) is 10.3 Å². The SMILES string of the molecule is CC(C)(O[C@@H]1[C@H]2CC[C@H](C2)[C@H]1Br)c1ccc(Cl)cc1.